The van der Waals surface area contributed by atoms with E-state index in [1.54, 1.807) is 18.9 Å². The number of methoxy groups -OCH3 is 1. The number of amides is 1. The predicted octanol–water partition coefficient (Wildman–Crippen LogP) is 4.43. The van der Waals surface area contributed by atoms with Gasteiger partial charge < -0.3 is 15.0 Å². The molecule has 4 nitrogen and oxygen atoms in total. The Balaban J connectivity index is 2.20. The van der Waals surface area contributed by atoms with Gasteiger partial charge in [0.1, 0.15) is 0 Å². The lowest BCUT2D eigenvalue weighted by atomic mass is 10.2. The third kappa shape index (κ3) is 6.60. The molecule has 2 aromatic carbocycles. The second-order valence-corrected chi connectivity index (χ2v) is 7.69. The molecule has 0 bridgehead atoms. The zero-order valence-electron chi connectivity index (χ0n) is 16.7. The molecule has 0 radical (unpaired) electrons. The fraction of sp³-hybridized carbons (Fsp3) is 0.409. The summed E-state index contributed by atoms with van der Waals surface area (Å²) in [5, 5.41) is 2.91. The molecule has 0 atom stereocenters. The molecule has 0 aliphatic heterocycles. The van der Waals surface area contributed by atoms with Crippen LogP contribution in [0.1, 0.15) is 24.5 Å². The lowest BCUT2D eigenvalue weighted by Gasteiger charge is -2.26. The number of aryl methyl sites for hydroxylation is 2. The van der Waals surface area contributed by atoms with Crippen LogP contribution >= 0.6 is 11.8 Å². The van der Waals surface area contributed by atoms with Gasteiger partial charge in [0.25, 0.3) is 0 Å². The van der Waals surface area contributed by atoms with Gasteiger partial charge in [0, 0.05) is 30.0 Å². The Morgan fingerprint density at radius 2 is 1.93 bits per heavy atom. The van der Waals surface area contributed by atoms with E-state index in [0.717, 1.165) is 18.7 Å². The first-order chi connectivity index (χ1) is 13.0. The number of carbonyl (C=O) groups is 1. The minimum Gasteiger partial charge on any atom is -0.383 e. The highest BCUT2D eigenvalue weighted by Gasteiger charge is 2.15. The number of para-hydroxylation sites is 1. The molecule has 0 fully saturated rings. The molecule has 0 unspecified atom stereocenters. The van der Waals surface area contributed by atoms with Crippen molar-refractivity contribution in [3.63, 3.8) is 0 Å². The quantitative estimate of drug-likeness (QED) is 0.613. The number of nitrogens with zero attached hydrogens (tertiary/aromatic N) is 1. The Bertz CT molecular complexity index is 749. The van der Waals surface area contributed by atoms with Crippen LogP contribution in [-0.2, 0) is 9.53 Å². The zero-order valence-corrected chi connectivity index (χ0v) is 17.6. The van der Waals surface area contributed by atoms with E-state index in [9.17, 15) is 4.79 Å². The second-order valence-electron chi connectivity index (χ2n) is 6.60. The minimum absolute atomic E-state index is 0.0202. The van der Waals surface area contributed by atoms with E-state index >= 15 is 0 Å². The largest absolute Gasteiger partial charge is 0.383 e. The molecule has 0 spiro atoms. The Hall–Kier alpha value is -1.98. The van der Waals surface area contributed by atoms with Crippen molar-refractivity contribution in [2.45, 2.75) is 37.0 Å². The number of rotatable bonds is 10. The van der Waals surface area contributed by atoms with Crippen LogP contribution in [0.4, 0.5) is 5.69 Å². The van der Waals surface area contributed by atoms with Crippen LogP contribution in [0.25, 0.3) is 0 Å². The maximum atomic E-state index is 12.3. The molecule has 1 amide bonds. The van der Waals surface area contributed by atoms with Crippen LogP contribution in [0.15, 0.2) is 52.3 Å². The maximum Gasteiger partial charge on any atom is 0.239 e. The van der Waals surface area contributed by atoms with Gasteiger partial charge in [-0.1, -0.05) is 48.5 Å². The number of carbonyl (C=O) groups excluding carboxylic acids is 1. The summed E-state index contributed by atoms with van der Waals surface area (Å²) in [6.07, 6.45) is 0.980. The summed E-state index contributed by atoms with van der Waals surface area (Å²) in [6, 6.07) is 14.8. The summed E-state index contributed by atoms with van der Waals surface area (Å²) in [4.78, 5) is 16.9. The fourth-order valence-electron chi connectivity index (χ4n) is 2.91. The van der Waals surface area contributed by atoms with Gasteiger partial charge in [-0.05, 0) is 44.0 Å². The molecule has 0 saturated carbocycles. The van der Waals surface area contributed by atoms with Crippen molar-refractivity contribution in [2.75, 3.05) is 38.3 Å². The molecule has 0 saturated heterocycles. The topological polar surface area (TPSA) is 41.6 Å². The molecular weight excluding hydrogens is 356 g/mol. The van der Waals surface area contributed by atoms with Crippen LogP contribution in [0.2, 0.25) is 0 Å². The Labute approximate surface area is 167 Å². The van der Waals surface area contributed by atoms with Crippen molar-refractivity contribution >= 4 is 23.4 Å². The van der Waals surface area contributed by atoms with Crippen LogP contribution in [0, 0.1) is 13.8 Å². The fourth-order valence-corrected chi connectivity index (χ4v) is 3.95. The van der Waals surface area contributed by atoms with Gasteiger partial charge >= 0.3 is 0 Å². The predicted molar refractivity (Wildman–Crippen MR) is 114 cm³/mol. The highest BCUT2D eigenvalue weighted by atomic mass is 32.2. The van der Waals surface area contributed by atoms with Crippen molar-refractivity contribution in [3.05, 3.63) is 53.6 Å². The summed E-state index contributed by atoms with van der Waals surface area (Å²) < 4.78 is 5.00. The second kappa shape index (κ2) is 11.0. The number of benzene rings is 2. The first-order valence-electron chi connectivity index (χ1n) is 9.39. The number of nitrogens with one attached hydrogen (secondary N) is 1. The van der Waals surface area contributed by atoms with Gasteiger partial charge in [0.2, 0.25) is 5.91 Å². The average Bonchev–Trinajstić information content (AvgIpc) is 2.64. The van der Waals surface area contributed by atoms with Gasteiger partial charge in [-0.15, -0.1) is 0 Å². The van der Waals surface area contributed by atoms with Crippen LogP contribution < -0.4 is 10.2 Å². The first-order valence-corrected chi connectivity index (χ1v) is 10.2. The van der Waals surface area contributed by atoms with E-state index in [1.807, 2.05) is 6.07 Å². The Morgan fingerprint density at radius 1 is 1.15 bits per heavy atom. The minimum atomic E-state index is 0.0202. The molecule has 2 aromatic rings. The van der Waals surface area contributed by atoms with Crippen molar-refractivity contribution in [2.24, 2.45) is 0 Å². The normalized spacial score (nSPS) is 10.7. The zero-order chi connectivity index (χ0) is 19.6. The number of ether oxygens (including phenoxy) is 1. The molecule has 0 aromatic heterocycles. The molecule has 2 rings (SSSR count). The molecule has 0 heterocycles. The SMILES string of the molecule is CCCN(CC(=O)NCCOC)c1ccccc1Sc1ccc(C)cc1C. The monoisotopic (exact) mass is 386 g/mol. The summed E-state index contributed by atoms with van der Waals surface area (Å²) >= 11 is 1.76. The highest BCUT2D eigenvalue weighted by Crippen LogP contribution is 2.37. The maximum absolute atomic E-state index is 12.3. The van der Waals surface area contributed by atoms with E-state index in [4.69, 9.17) is 4.74 Å². The molecule has 146 valence electrons. The summed E-state index contributed by atoms with van der Waals surface area (Å²) in [7, 11) is 1.63. The van der Waals surface area contributed by atoms with E-state index in [-0.39, 0.29) is 5.91 Å². The van der Waals surface area contributed by atoms with E-state index in [0.29, 0.717) is 19.7 Å². The molecule has 1 N–H and O–H groups in total. The summed E-state index contributed by atoms with van der Waals surface area (Å²) in [6.45, 7) is 8.64. The lowest BCUT2D eigenvalue weighted by Crippen LogP contribution is -2.39. The number of hydrogen-bond donors (Lipinski definition) is 1. The van der Waals surface area contributed by atoms with Gasteiger partial charge in [0.15, 0.2) is 0 Å². The molecule has 5 heteroatoms. The number of anilines is 1. The standard InChI is InChI=1S/C22H30N2O2S/c1-5-13-24(16-22(25)23-12-14-26-4)19-8-6-7-9-21(19)27-20-11-10-17(2)15-18(20)3/h6-11,15H,5,12-14,16H2,1-4H3,(H,23,25). The average molecular weight is 387 g/mol. The molecule has 27 heavy (non-hydrogen) atoms. The third-order valence-corrected chi connectivity index (χ3v) is 5.46. The van der Waals surface area contributed by atoms with Crippen LogP contribution in [-0.4, -0.2) is 39.3 Å². The Morgan fingerprint density at radius 3 is 2.63 bits per heavy atom. The van der Waals surface area contributed by atoms with E-state index < -0.39 is 0 Å². The highest BCUT2D eigenvalue weighted by molar-refractivity contribution is 7.99. The third-order valence-electron chi connectivity index (χ3n) is 4.21. The van der Waals surface area contributed by atoms with Crippen LogP contribution in [0.3, 0.4) is 0 Å². The van der Waals surface area contributed by atoms with E-state index in [2.05, 4.69) is 67.4 Å². The van der Waals surface area contributed by atoms with Gasteiger partial charge in [-0.25, -0.2) is 0 Å². The van der Waals surface area contributed by atoms with Crippen molar-refractivity contribution in [3.8, 4) is 0 Å². The summed E-state index contributed by atoms with van der Waals surface area (Å²) in [5.74, 6) is 0.0202. The Kier molecular flexibility index (Phi) is 8.69. The van der Waals surface area contributed by atoms with Gasteiger partial charge in [0.05, 0.1) is 18.8 Å². The van der Waals surface area contributed by atoms with Crippen molar-refractivity contribution in [1.82, 2.24) is 5.32 Å². The smallest absolute Gasteiger partial charge is 0.239 e. The summed E-state index contributed by atoms with van der Waals surface area (Å²) in [5.41, 5.74) is 3.64. The van der Waals surface area contributed by atoms with Crippen molar-refractivity contribution in [1.29, 1.82) is 0 Å². The lowest BCUT2D eigenvalue weighted by molar-refractivity contribution is -0.119. The van der Waals surface area contributed by atoms with Crippen LogP contribution in [0.5, 0.6) is 0 Å². The van der Waals surface area contributed by atoms with Gasteiger partial charge in [-0.2, -0.15) is 0 Å². The molecule has 0 aliphatic rings. The number of hydrogen-bond acceptors (Lipinski definition) is 4. The van der Waals surface area contributed by atoms with E-state index in [1.165, 1.54) is 20.9 Å². The van der Waals surface area contributed by atoms with Crippen molar-refractivity contribution < 1.29 is 9.53 Å². The first kappa shape index (κ1) is 21.3. The van der Waals surface area contributed by atoms with Gasteiger partial charge in [-0.3, -0.25) is 4.79 Å². The molecular formula is C22H30N2O2S. The molecule has 0 aliphatic carbocycles.